The number of alkyl carbamates (subject to hydrolysis) is 1. The summed E-state index contributed by atoms with van der Waals surface area (Å²) in [5.41, 5.74) is 0.806. The molecule has 1 N–H and O–H groups in total. The second kappa shape index (κ2) is 10.7. The second-order valence-corrected chi connectivity index (χ2v) is 9.27. The molecule has 2 heterocycles. The van der Waals surface area contributed by atoms with Gasteiger partial charge in [0.25, 0.3) is 6.43 Å². The van der Waals surface area contributed by atoms with Crippen LogP contribution in [0.5, 0.6) is 0 Å². The molecular formula is C25H31F2N3O3. The van der Waals surface area contributed by atoms with E-state index in [1.165, 1.54) is 12.1 Å². The fourth-order valence-electron chi connectivity index (χ4n) is 4.00. The van der Waals surface area contributed by atoms with Gasteiger partial charge in [-0.3, -0.25) is 9.78 Å². The molecule has 3 rings (SSSR count). The Labute approximate surface area is 193 Å². The zero-order valence-corrected chi connectivity index (χ0v) is 19.3. The standard InChI is InChI=1S/C25H31F2N3O3/c1-25(2,3)33-24(32)29-20(15-17-9-11-18(12-10-17)22(26)27)23(31)30-14-5-4-8-21(30)19-7-6-13-28-16-19/h6-7,9-13,16,20-22H,4-5,8,14-15H2,1-3H3,(H,29,32)/t20-,21?/m0/s1. The number of likely N-dealkylation sites (tertiary alicyclic amines) is 1. The van der Waals surface area contributed by atoms with Gasteiger partial charge in [-0.15, -0.1) is 0 Å². The number of halogens is 2. The van der Waals surface area contributed by atoms with Crippen molar-refractivity contribution in [3.63, 3.8) is 0 Å². The number of nitrogens with zero attached hydrogens (tertiary/aromatic N) is 2. The van der Waals surface area contributed by atoms with Crippen molar-refractivity contribution in [2.45, 2.75) is 70.6 Å². The molecule has 33 heavy (non-hydrogen) atoms. The Morgan fingerprint density at radius 2 is 1.91 bits per heavy atom. The van der Waals surface area contributed by atoms with Gasteiger partial charge in [0.15, 0.2) is 0 Å². The molecule has 2 aromatic rings. The maximum Gasteiger partial charge on any atom is 0.408 e. The van der Waals surface area contributed by atoms with Crippen LogP contribution < -0.4 is 5.32 Å². The highest BCUT2D eigenvalue weighted by molar-refractivity contribution is 5.86. The number of piperidine rings is 1. The van der Waals surface area contributed by atoms with Crippen LogP contribution in [0.15, 0.2) is 48.8 Å². The number of carbonyl (C=O) groups excluding carboxylic acids is 2. The first-order chi connectivity index (χ1) is 15.6. The molecule has 0 bridgehead atoms. The highest BCUT2D eigenvalue weighted by atomic mass is 19.3. The summed E-state index contributed by atoms with van der Waals surface area (Å²) in [7, 11) is 0. The van der Waals surface area contributed by atoms with E-state index in [9.17, 15) is 18.4 Å². The lowest BCUT2D eigenvalue weighted by molar-refractivity contribution is -0.137. The molecule has 2 atom stereocenters. The molecule has 1 saturated heterocycles. The lowest BCUT2D eigenvalue weighted by Gasteiger charge is -2.38. The van der Waals surface area contributed by atoms with E-state index in [0.717, 1.165) is 24.8 Å². The van der Waals surface area contributed by atoms with Gasteiger partial charge >= 0.3 is 6.09 Å². The predicted molar refractivity (Wildman–Crippen MR) is 121 cm³/mol. The zero-order chi connectivity index (χ0) is 24.0. The van der Waals surface area contributed by atoms with Gasteiger partial charge in [-0.2, -0.15) is 0 Å². The Balaban J connectivity index is 1.84. The van der Waals surface area contributed by atoms with Crippen molar-refractivity contribution in [3.05, 3.63) is 65.5 Å². The number of ether oxygens (including phenoxy) is 1. The van der Waals surface area contributed by atoms with Crippen LogP contribution in [0, 0.1) is 0 Å². The van der Waals surface area contributed by atoms with Crippen LogP contribution in [-0.2, 0) is 16.0 Å². The monoisotopic (exact) mass is 459 g/mol. The molecule has 1 aliphatic rings. The van der Waals surface area contributed by atoms with Gasteiger partial charge in [0.2, 0.25) is 5.91 Å². The number of nitrogens with one attached hydrogen (secondary N) is 1. The summed E-state index contributed by atoms with van der Waals surface area (Å²) < 4.78 is 31.2. The van der Waals surface area contributed by atoms with E-state index < -0.39 is 24.2 Å². The van der Waals surface area contributed by atoms with E-state index >= 15 is 0 Å². The summed E-state index contributed by atoms with van der Waals surface area (Å²) >= 11 is 0. The molecule has 1 aromatic carbocycles. The third kappa shape index (κ3) is 6.97. The van der Waals surface area contributed by atoms with E-state index in [1.807, 2.05) is 12.1 Å². The largest absolute Gasteiger partial charge is 0.444 e. The van der Waals surface area contributed by atoms with Crippen LogP contribution in [0.25, 0.3) is 0 Å². The van der Waals surface area contributed by atoms with Crippen LogP contribution in [-0.4, -0.2) is 40.1 Å². The van der Waals surface area contributed by atoms with Crippen LogP contribution >= 0.6 is 0 Å². The van der Waals surface area contributed by atoms with Crippen molar-refractivity contribution >= 4 is 12.0 Å². The quantitative estimate of drug-likeness (QED) is 0.644. The average molecular weight is 460 g/mol. The topological polar surface area (TPSA) is 71.5 Å². The molecule has 0 aliphatic carbocycles. The number of hydrogen-bond acceptors (Lipinski definition) is 4. The van der Waals surface area contributed by atoms with Crippen molar-refractivity contribution in [2.75, 3.05) is 6.54 Å². The average Bonchev–Trinajstić information content (AvgIpc) is 2.78. The van der Waals surface area contributed by atoms with Gasteiger partial charge < -0.3 is 15.0 Å². The molecule has 1 fully saturated rings. The molecule has 0 radical (unpaired) electrons. The molecule has 8 heteroatoms. The van der Waals surface area contributed by atoms with Gasteiger partial charge in [0.05, 0.1) is 6.04 Å². The Kier molecular flexibility index (Phi) is 8.00. The van der Waals surface area contributed by atoms with Gasteiger partial charge in [-0.25, -0.2) is 13.6 Å². The number of amides is 2. The molecule has 2 amide bonds. The maximum atomic E-state index is 13.7. The lowest BCUT2D eigenvalue weighted by Crippen LogP contribution is -2.52. The first-order valence-corrected chi connectivity index (χ1v) is 11.2. The molecule has 0 saturated carbocycles. The van der Waals surface area contributed by atoms with E-state index in [0.29, 0.717) is 12.1 Å². The van der Waals surface area contributed by atoms with E-state index in [2.05, 4.69) is 10.3 Å². The zero-order valence-electron chi connectivity index (χ0n) is 19.3. The summed E-state index contributed by atoms with van der Waals surface area (Å²) in [5.74, 6) is -0.229. The molecule has 1 aromatic heterocycles. The number of aromatic nitrogens is 1. The van der Waals surface area contributed by atoms with Crippen LogP contribution in [0.2, 0.25) is 0 Å². The van der Waals surface area contributed by atoms with E-state index in [1.54, 1.807) is 50.2 Å². The molecule has 1 unspecified atom stereocenters. The number of pyridine rings is 1. The number of benzene rings is 1. The molecule has 178 valence electrons. The van der Waals surface area contributed by atoms with Crippen molar-refractivity contribution in [1.29, 1.82) is 0 Å². The normalized spacial score (nSPS) is 17.5. The van der Waals surface area contributed by atoms with E-state index in [4.69, 9.17) is 4.74 Å². The minimum absolute atomic E-state index is 0.0885. The number of carbonyl (C=O) groups is 2. The Morgan fingerprint density at radius 3 is 2.52 bits per heavy atom. The molecule has 0 spiro atoms. The summed E-state index contributed by atoms with van der Waals surface area (Å²) in [6, 6.07) is 8.57. The summed E-state index contributed by atoms with van der Waals surface area (Å²) in [5, 5.41) is 2.71. The third-order valence-electron chi connectivity index (χ3n) is 5.52. The highest BCUT2D eigenvalue weighted by Gasteiger charge is 2.34. The number of rotatable bonds is 6. The Hall–Kier alpha value is -3.03. The lowest BCUT2D eigenvalue weighted by atomic mass is 9.94. The number of hydrogen-bond donors (Lipinski definition) is 1. The third-order valence-corrected chi connectivity index (χ3v) is 5.52. The van der Waals surface area contributed by atoms with Gasteiger partial charge in [-0.05, 0) is 57.2 Å². The molecule has 6 nitrogen and oxygen atoms in total. The molecular weight excluding hydrogens is 428 g/mol. The van der Waals surface area contributed by atoms with Crippen LogP contribution in [0.4, 0.5) is 13.6 Å². The first-order valence-electron chi connectivity index (χ1n) is 11.2. The first kappa shape index (κ1) is 24.6. The van der Waals surface area contributed by atoms with Crippen molar-refractivity contribution in [1.82, 2.24) is 15.2 Å². The van der Waals surface area contributed by atoms with Crippen LogP contribution in [0.1, 0.15) is 69.2 Å². The minimum atomic E-state index is -2.56. The minimum Gasteiger partial charge on any atom is -0.444 e. The fourth-order valence-corrected chi connectivity index (χ4v) is 4.00. The second-order valence-electron chi connectivity index (χ2n) is 9.27. The predicted octanol–water partition coefficient (Wildman–Crippen LogP) is 5.21. The van der Waals surface area contributed by atoms with Gasteiger partial charge in [0, 0.05) is 30.9 Å². The van der Waals surface area contributed by atoms with Gasteiger partial charge in [-0.1, -0.05) is 30.3 Å². The summed E-state index contributed by atoms with van der Waals surface area (Å²) in [6.45, 7) is 5.80. The maximum absolute atomic E-state index is 13.7. The Morgan fingerprint density at radius 1 is 1.18 bits per heavy atom. The highest BCUT2D eigenvalue weighted by Crippen LogP contribution is 2.31. The van der Waals surface area contributed by atoms with Gasteiger partial charge in [0.1, 0.15) is 11.6 Å². The SMILES string of the molecule is CC(C)(C)OC(=O)N[C@@H](Cc1ccc(C(F)F)cc1)C(=O)N1CCCCC1c1cccnc1. The Bertz CT molecular complexity index is 930. The summed E-state index contributed by atoms with van der Waals surface area (Å²) in [6.07, 6.45) is 3.01. The van der Waals surface area contributed by atoms with Crippen molar-refractivity contribution in [2.24, 2.45) is 0 Å². The van der Waals surface area contributed by atoms with Crippen LogP contribution in [0.3, 0.4) is 0 Å². The van der Waals surface area contributed by atoms with Crippen molar-refractivity contribution in [3.8, 4) is 0 Å². The smallest absolute Gasteiger partial charge is 0.408 e. The fraction of sp³-hybridized carbons (Fsp3) is 0.480. The molecule has 1 aliphatic heterocycles. The van der Waals surface area contributed by atoms with Crippen molar-refractivity contribution < 1.29 is 23.1 Å². The van der Waals surface area contributed by atoms with E-state index in [-0.39, 0.29) is 23.9 Å². The summed E-state index contributed by atoms with van der Waals surface area (Å²) in [4.78, 5) is 32.2. The number of alkyl halides is 2.